The van der Waals surface area contributed by atoms with E-state index in [0.29, 0.717) is 5.92 Å². The average molecular weight is 316 g/mol. The maximum atomic E-state index is 12.1. The first-order valence-electron chi connectivity index (χ1n) is 7.89. The van der Waals surface area contributed by atoms with E-state index in [2.05, 4.69) is 28.8 Å². The lowest BCUT2D eigenvalue weighted by Gasteiger charge is -2.39. The first-order valence-corrected chi connectivity index (χ1v) is 8.70. The first kappa shape index (κ1) is 13.9. The summed E-state index contributed by atoms with van der Waals surface area (Å²) in [5, 5.41) is 5.67. The van der Waals surface area contributed by atoms with Crippen LogP contribution < -0.4 is 10.5 Å². The van der Waals surface area contributed by atoms with Crippen LogP contribution in [0.4, 0.5) is 5.13 Å². The Bertz CT molecular complexity index is 753. The molecule has 116 valence electrons. The van der Waals surface area contributed by atoms with E-state index in [1.165, 1.54) is 4.88 Å². The molecule has 6 heteroatoms. The molecule has 1 aliphatic heterocycles. The van der Waals surface area contributed by atoms with Gasteiger partial charge in [-0.25, -0.2) is 9.67 Å². The second kappa shape index (κ2) is 5.19. The number of nitrogens with zero attached hydrogens (tertiary/aromatic N) is 4. The third-order valence-corrected chi connectivity index (χ3v) is 5.83. The number of aromatic nitrogens is 3. The van der Waals surface area contributed by atoms with Crippen molar-refractivity contribution in [3.63, 3.8) is 0 Å². The summed E-state index contributed by atoms with van der Waals surface area (Å²) in [5.41, 5.74) is 3.46. The van der Waals surface area contributed by atoms with Crippen LogP contribution in [0.1, 0.15) is 28.2 Å². The third kappa shape index (κ3) is 2.35. The Morgan fingerprint density at radius 3 is 2.86 bits per heavy atom. The molecular weight excluding hydrogens is 296 g/mol. The molecule has 1 saturated heterocycles. The molecule has 5 nitrogen and oxygen atoms in total. The van der Waals surface area contributed by atoms with Crippen molar-refractivity contribution in [2.75, 3.05) is 18.0 Å². The second-order valence-corrected chi connectivity index (χ2v) is 7.58. The van der Waals surface area contributed by atoms with Crippen LogP contribution in [0.15, 0.2) is 10.9 Å². The van der Waals surface area contributed by atoms with Gasteiger partial charge in [0.1, 0.15) is 0 Å². The molecule has 0 saturated carbocycles. The molecule has 1 fully saturated rings. The van der Waals surface area contributed by atoms with Gasteiger partial charge >= 0.3 is 0 Å². The lowest BCUT2D eigenvalue weighted by atomic mass is 10.0. The maximum absolute atomic E-state index is 12.1. The van der Waals surface area contributed by atoms with Crippen molar-refractivity contribution in [1.82, 2.24) is 14.8 Å². The second-order valence-electron chi connectivity index (χ2n) is 6.40. The summed E-state index contributed by atoms with van der Waals surface area (Å²) in [6.07, 6.45) is 3.16. The Morgan fingerprint density at radius 1 is 1.32 bits per heavy atom. The molecule has 2 aromatic rings. The van der Waals surface area contributed by atoms with E-state index in [0.717, 1.165) is 61.0 Å². The molecule has 2 aliphatic rings. The van der Waals surface area contributed by atoms with Crippen molar-refractivity contribution in [3.05, 3.63) is 38.2 Å². The molecule has 0 N–H and O–H groups in total. The van der Waals surface area contributed by atoms with Crippen molar-refractivity contribution in [2.45, 2.75) is 39.7 Å². The lowest BCUT2D eigenvalue weighted by Crippen LogP contribution is -2.49. The van der Waals surface area contributed by atoms with Crippen LogP contribution in [-0.2, 0) is 19.4 Å². The third-order valence-electron chi connectivity index (χ3n) is 4.70. The van der Waals surface area contributed by atoms with Crippen LogP contribution in [0.25, 0.3) is 0 Å². The van der Waals surface area contributed by atoms with E-state index >= 15 is 0 Å². The zero-order valence-corrected chi connectivity index (χ0v) is 13.8. The van der Waals surface area contributed by atoms with Crippen LogP contribution >= 0.6 is 11.3 Å². The maximum Gasteiger partial charge on any atom is 0.267 e. The molecule has 0 spiro atoms. The molecular formula is C16H20N4OS. The Morgan fingerprint density at radius 2 is 2.14 bits per heavy atom. The summed E-state index contributed by atoms with van der Waals surface area (Å²) in [5.74, 6) is 0.495. The van der Waals surface area contributed by atoms with E-state index in [-0.39, 0.29) is 5.56 Å². The van der Waals surface area contributed by atoms with E-state index < -0.39 is 0 Å². The Balaban J connectivity index is 1.43. The summed E-state index contributed by atoms with van der Waals surface area (Å²) in [6.45, 7) is 6.84. The molecule has 0 bridgehead atoms. The van der Waals surface area contributed by atoms with Gasteiger partial charge in [0.2, 0.25) is 0 Å². The summed E-state index contributed by atoms with van der Waals surface area (Å²) in [6, 6.07) is 1.79. The topological polar surface area (TPSA) is 51.0 Å². The standard InChI is InChI=1S/C16H20N4OS/c1-10-11(2)22-16(17-10)19-7-12(8-19)9-20-15(21)6-13-4-3-5-14(13)18-20/h6,12H,3-5,7-9H2,1-2H3. The highest BCUT2D eigenvalue weighted by Gasteiger charge is 2.30. The number of thiazole rings is 1. The SMILES string of the molecule is Cc1nc(N2CC(Cn3nc4c(cc3=O)CCC4)C2)sc1C. The highest BCUT2D eigenvalue weighted by atomic mass is 32.1. The van der Waals surface area contributed by atoms with Gasteiger partial charge in [0.25, 0.3) is 5.56 Å². The number of aryl methyl sites for hydroxylation is 4. The van der Waals surface area contributed by atoms with Crippen LogP contribution in [0.5, 0.6) is 0 Å². The molecule has 3 heterocycles. The average Bonchev–Trinajstić information content (AvgIpc) is 3.00. The van der Waals surface area contributed by atoms with Crippen molar-refractivity contribution < 1.29 is 0 Å². The van der Waals surface area contributed by atoms with Crippen LogP contribution in [0.2, 0.25) is 0 Å². The molecule has 1 aliphatic carbocycles. The fourth-order valence-corrected chi connectivity index (χ4v) is 4.18. The molecule has 22 heavy (non-hydrogen) atoms. The van der Waals surface area contributed by atoms with E-state index in [9.17, 15) is 4.79 Å². The van der Waals surface area contributed by atoms with Crippen molar-refractivity contribution in [1.29, 1.82) is 0 Å². The molecule has 0 unspecified atom stereocenters. The van der Waals surface area contributed by atoms with E-state index in [4.69, 9.17) is 0 Å². The van der Waals surface area contributed by atoms with Gasteiger partial charge in [0.05, 0.1) is 17.9 Å². The summed E-state index contributed by atoms with van der Waals surface area (Å²) in [4.78, 5) is 20.3. The van der Waals surface area contributed by atoms with E-state index in [1.807, 2.05) is 0 Å². The van der Waals surface area contributed by atoms with Crippen molar-refractivity contribution in [2.24, 2.45) is 5.92 Å². The first-order chi connectivity index (χ1) is 10.6. The highest BCUT2D eigenvalue weighted by Crippen LogP contribution is 2.31. The molecule has 0 amide bonds. The monoisotopic (exact) mass is 316 g/mol. The zero-order valence-electron chi connectivity index (χ0n) is 13.0. The predicted molar refractivity (Wildman–Crippen MR) is 87.8 cm³/mol. The smallest absolute Gasteiger partial charge is 0.267 e. The number of hydrogen-bond donors (Lipinski definition) is 0. The van der Waals surface area contributed by atoms with Gasteiger partial charge in [-0.05, 0) is 38.7 Å². The Kier molecular flexibility index (Phi) is 3.29. The largest absolute Gasteiger partial charge is 0.347 e. The fourth-order valence-electron chi connectivity index (χ4n) is 3.25. The number of rotatable bonds is 3. The normalized spacial score (nSPS) is 17.6. The molecule has 4 rings (SSSR count). The van der Waals surface area contributed by atoms with Gasteiger partial charge in [0, 0.05) is 30.0 Å². The van der Waals surface area contributed by atoms with Crippen molar-refractivity contribution >= 4 is 16.5 Å². The van der Waals surface area contributed by atoms with Gasteiger partial charge in [-0.15, -0.1) is 11.3 Å². The Labute approximate surface area is 133 Å². The minimum absolute atomic E-state index is 0.0556. The summed E-state index contributed by atoms with van der Waals surface area (Å²) in [7, 11) is 0. The fraction of sp³-hybridized carbons (Fsp3) is 0.562. The van der Waals surface area contributed by atoms with Crippen molar-refractivity contribution in [3.8, 4) is 0 Å². The minimum Gasteiger partial charge on any atom is -0.347 e. The van der Waals surface area contributed by atoms with Gasteiger partial charge < -0.3 is 4.90 Å². The van der Waals surface area contributed by atoms with Crippen LogP contribution in [0.3, 0.4) is 0 Å². The number of fused-ring (bicyclic) bond motifs is 1. The molecule has 0 aromatic carbocycles. The summed E-state index contributed by atoms with van der Waals surface area (Å²) < 4.78 is 1.67. The number of hydrogen-bond acceptors (Lipinski definition) is 5. The Hall–Kier alpha value is -1.69. The lowest BCUT2D eigenvalue weighted by molar-refractivity contribution is 0.333. The highest BCUT2D eigenvalue weighted by molar-refractivity contribution is 7.15. The van der Waals surface area contributed by atoms with Gasteiger partial charge in [-0.1, -0.05) is 0 Å². The zero-order chi connectivity index (χ0) is 15.3. The predicted octanol–water partition coefficient (Wildman–Crippen LogP) is 1.94. The minimum atomic E-state index is 0.0556. The van der Waals surface area contributed by atoms with E-state index in [1.54, 1.807) is 22.1 Å². The summed E-state index contributed by atoms with van der Waals surface area (Å²) >= 11 is 1.76. The van der Waals surface area contributed by atoms with Gasteiger partial charge in [0.15, 0.2) is 5.13 Å². The van der Waals surface area contributed by atoms with Gasteiger partial charge in [-0.3, -0.25) is 4.79 Å². The van der Waals surface area contributed by atoms with Gasteiger partial charge in [-0.2, -0.15) is 5.10 Å². The quantitative estimate of drug-likeness (QED) is 0.868. The number of anilines is 1. The molecule has 0 radical (unpaired) electrons. The molecule has 0 atom stereocenters. The molecule has 2 aromatic heterocycles. The van der Waals surface area contributed by atoms with Crippen LogP contribution in [0, 0.1) is 19.8 Å². The van der Waals surface area contributed by atoms with Crippen LogP contribution in [-0.4, -0.2) is 27.9 Å².